The summed E-state index contributed by atoms with van der Waals surface area (Å²) in [4.78, 5) is 27.9. The van der Waals surface area contributed by atoms with Crippen LogP contribution < -0.4 is 16.2 Å². The molecule has 0 bridgehead atoms. The van der Waals surface area contributed by atoms with E-state index in [9.17, 15) is 9.59 Å². The zero-order valence-electron chi connectivity index (χ0n) is 10.5. The normalized spacial score (nSPS) is 13.4. The molecule has 7 heteroatoms. The van der Waals surface area contributed by atoms with Gasteiger partial charge in [-0.2, -0.15) is 5.26 Å². The number of fused-ring (bicyclic) bond motifs is 1. The molecule has 0 aliphatic carbocycles. The predicted molar refractivity (Wildman–Crippen MR) is 67.1 cm³/mol. The summed E-state index contributed by atoms with van der Waals surface area (Å²) in [6.45, 7) is 1.59. The van der Waals surface area contributed by atoms with Crippen LogP contribution in [0.1, 0.15) is 17.7 Å². The largest absolute Gasteiger partial charge is 0.354 e. The van der Waals surface area contributed by atoms with Crippen LogP contribution in [-0.4, -0.2) is 28.5 Å². The van der Waals surface area contributed by atoms with Gasteiger partial charge < -0.3 is 10.6 Å². The van der Waals surface area contributed by atoms with Crippen LogP contribution in [0.25, 0.3) is 0 Å². The van der Waals surface area contributed by atoms with E-state index in [1.807, 2.05) is 6.07 Å². The second-order valence-corrected chi connectivity index (χ2v) is 4.29. The molecule has 0 saturated heterocycles. The molecule has 0 unspecified atom stereocenters. The Kier molecular flexibility index (Phi) is 4.26. The summed E-state index contributed by atoms with van der Waals surface area (Å²) in [6, 6.07) is 1.94. The Morgan fingerprint density at radius 2 is 2.47 bits per heavy atom. The molecule has 100 valence electrons. The first-order valence-corrected chi connectivity index (χ1v) is 6.14. The van der Waals surface area contributed by atoms with Crippen LogP contribution in [0.15, 0.2) is 11.1 Å². The Hall–Kier alpha value is -2.20. The number of nitrogens with zero attached hydrogens (tertiary/aromatic N) is 3. The molecule has 0 fully saturated rings. The molecule has 0 saturated carbocycles. The maximum atomic E-state index is 12.1. The van der Waals surface area contributed by atoms with Crippen molar-refractivity contribution < 1.29 is 4.79 Å². The van der Waals surface area contributed by atoms with Crippen LogP contribution in [0.5, 0.6) is 0 Å². The summed E-state index contributed by atoms with van der Waals surface area (Å²) < 4.78 is 1.31. The third-order valence-corrected chi connectivity index (χ3v) is 2.94. The molecule has 19 heavy (non-hydrogen) atoms. The summed E-state index contributed by atoms with van der Waals surface area (Å²) >= 11 is 0. The van der Waals surface area contributed by atoms with E-state index in [1.165, 1.54) is 10.9 Å². The van der Waals surface area contributed by atoms with Crippen LogP contribution >= 0.6 is 0 Å². The predicted octanol–water partition coefficient (Wildman–Crippen LogP) is -1.08. The van der Waals surface area contributed by atoms with Gasteiger partial charge in [-0.25, -0.2) is 4.98 Å². The van der Waals surface area contributed by atoms with Crippen LogP contribution in [0.3, 0.4) is 0 Å². The molecule has 1 aromatic rings. The van der Waals surface area contributed by atoms with Crippen LogP contribution in [0.2, 0.25) is 0 Å². The van der Waals surface area contributed by atoms with Gasteiger partial charge in [0.05, 0.1) is 24.5 Å². The van der Waals surface area contributed by atoms with Gasteiger partial charge in [-0.05, 0) is 13.0 Å². The third kappa shape index (κ3) is 3.17. The standard InChI is InChI=1S/C12H15N5O2/c13-3-1-4-15-11(18)7-17-8-16-10-6-14-5-2-9(10)12(17)19/h8,14H,1-2,4-7H2,(H,15,18). The summed E-state index contributed by atoms with van der Waals surface area (Å²) in [5.41, 5.74) is 1.30. The van der Waals surface area contributed by atoms with Crippen molar-refractivity contribution in [2.75, 3.05) is 13.1 Å². The van der Waals surface area contributed by atoms with Crippen molar-refractivity contribution >= 4 is 5.91 Å². The summed E-state index contributed by atoms with van der Waals surface area (Å²) in [5.74, 6) is -0.284. The van der Waals surface area contributed by atoms with Crippen molar-refractivity contribution in [3.63, 3.8) is 0 Å². The van der Waals surface area contributed by atoms with Gasteiger partial charge in [0, 0.05) is 18.7 Å². The molecular formula is C12H15N5O2. The van der Waals surface area contributed by atoms with Crippen LogP contribution in [0, 0.1) is 11.3 Å². The number of hydrogen-bond acceptors (Lipinski definition) is 5. The minimum atomic E-state index is -0.284. The maximum Gasteiger partial charge on any atom is 0.257 e. The average molecular weight is 261 g/mol. The smallest absolute Gasteiger partial charge is 0.257 e. The van der Waals surface area contributed by atoms with Crippen molar-refractivity contribution in [2.45, 2.75) is 25.9 Å². The lowest BCUT2D eigenvalue weighted by atomic mass is 10.1. The highest BCUT2D eigenvalue weighted by molar-refractivity contribution is 5.75. The van der Waals surface area contributed by atoms with Crippen molar-refractivity contribution in [2.24, 2.45) is 0 Å². The van der Waals surface area contributed by atoms with Gasteiger partial charge >= 0.3 is 0 Å². The van der Waals surface area contributed by atoms with Gasteiger partial charge in [0.15, 0.2) is 0 Å². The number of carbonyl (C=O) groups is 1. The zero-order valence-corrected chi connectivity index (χ0v) is 10.5. The summed E-state index contributed by atoms with van der Waals surface area (Å²) in [5, 5.41) is 14.1. The van der Waals surface area contributed by atoms with E-state index >= 15 is 0 Å². The highest BCUT2D eigenvalue weighted by Gasteiger charge is 2.16. The van der Waals surface area contributed by atoms with Crippen molar-refractivity contribution in [1.82, 2.24) is 20.2 Å². The number of rotatable bonds is 4. The minimum absolute atomic E-state index is 0.0576. The Balaban J connectivity index is 2.07. The van der Waals surface area contributed by atoms with Crippen molar-refractivity contribution in [1.29, 1.82) is 5.26 Å². The van der Waals surface area contributed by atoms with Crippen LogP contribution in [0.4, 0.5) is 0 Å². The summed E-state index contributed by atoms with van der Waals surface area (Å²) in [6.07, 6.45) is 2.30. The molecule has 1 aromatic heterocycles. The van der Waals surface area contributed by atoms with Gasteiger partial charge in [-0.1, -0.05) is 0 Å². The number of carbonyl (C=O) groups excluding carboxylic acids is 1. The van der Waals surface area contributed by atoms with E-state index in [-0.39, 0.29) is 24.4 Å². The number of nitrogens with one attached hydrogen (secondary N) is 2. The van der Waals surface area contributed by atoms with Crippen molar-refractivity contribution in [3.05, 3.63) is 27.9 Å². The Morgan fingerprint density at radius 3 is 3.26 bits per heavy atom. The van der Waals surface area contributed by atoms with E-state index in [1.54, 1.807) is 0 Å². The zero-order chi connectivity index (χ0) is 13.7. The first kappa shape index (κ1) is 13.2. The number of aromatic nitrogens is 2. The SMILES string of the molecule is N#CCCNC(=O)Cn1cnc2c(c1=O)CCNC2. The fourth-order valence-electron chi connectivity index (χ4n) is 1.97. The number of nitriles is 1. The lowest BCUT2D eigenvalue weighted by Crippen LogP contribution is -2.37. The Labute approximate surface area is 110 Å². The highest BCUT2D eigenvalue weighted by atomic mass is 16.2. The lowest BCUT2D eigenvalue weighted by molar-refractivity contribution is -0.121. The molecule has 0 spiro atoms. The molecule has 0 radical (unpaired) electrons. The van der Waals surface area contributed by atoms with Gasteiger partial charge in [-0.15, -0.1) is 0 Å². The van der Waals surface area contributed by atoms with E-state index < -0.39 is 0 Å². The van der Waals surface area contributed by atoms with Gasteiger partial charge in [0.1, 0.15) is 6.54 Å². The fourth-order valence-corrected chi connectivity index (χ4v) is 1.97. The number of hydrogen-bond donors (Lipinski definition) is 2. The minimum Gasteiger partial charge on any atom is -0.354 e. The number of amides is 1. The van der Waals surface area contributed by atoms with E-state index in [4.69, 9.17) is 5.26 Å². The molecule has 2 heterocycles. The summed E-state index contributed by atoms with van der Waals surface area (Å²) in [7, 11) is 0. The first-order chi connectivity index (χ1) is 9.22. The quantitative estimate of drug-likeness (QED) is 0.671. The molecule has 7 nitrogen and oxygen atoms in total. The molecule has 2 rings (SSSR count). The van der Waals surface area contributed by atoms with E-state index in [2.05, 4.69) is 15.6 Å². The Bertz CT molecular complexity index is 572. The fraction of sp³-hybridized carbons (Fsp3) is 0.500. The van der Waals surface area contributed by atoms with Gasteiger partial charge in [0.25, 0.3) is 5.56 Å². The average Bonchev–Trinajstić information content (AvgIpc) is 2.43. The second kappa shape index (κ2) is 6.11. The van der Waals surface area contributed by atoms with Crippen LogP contribution in [-0.2, 0) is 24.3 Å². The van der Waals surface area contributed by atoms with Gasteiger partial charge in [0.2, 0.25) is 5.91 Å². The molecule has 2 N–H and O–H groups in total. The monoisotopic (exact) mass is 261 g/mol. The molecule has 0 aromatic carbocycles. The maximum absolute atomic E-state index is 12.1. The molecule has 1 aliphatic rings. The molecule has 1 amide bonds. The molecule has 0 atom stereocenters. The van der Waals surface area contributed by atoms with Gasteiger partial charge in [-0.3, -0.25) is 14.2 Å². The topological polar surface area (TPSA) is 99.8 Å². The van der Waals surface area contributed by atoms with E-state index in [0.29, 0.717) is 25.1 Å². The second-order valence-electron chi connectivity index (χ2n) is 4.29. The van der Waals surface area contributed by atoms with Crippen molar-refractivity contribution in [3.8, 4) is 6.07 Å². The highest BCUT2D eigenvalue weighted by Crippen LogP contribution is 2.05. The molecular weight excluding hydrogens is 246 g/mol. The first-order valence-electron chi connectivity index (χ1n) is 6.14. The third-order valence-electron chi connectivity index (χ3n) is 2.94. The lowest BCUT2D eigenvalue weighted by Gasteiger charge is -2.16. The Morgan fingerprint density at radius 1 is 1.63 bits per heavy atom. The van der Waals surface area contributed by atoms with E-state index in [0.717, 1.165) is 12.2 Å². The molecule has 1 aliphatic heterocycles.